The number of unbranched alkanes of at least 4 members (excludes halogenated alkanes) is 19. The second-order valence-electron chi connectivity index (χ2n) is 16.5. The molecule has 1 amide bonds. The Hall–Kier alpha value is -1.27. The molecule has 0 aromatic carbocycles. The molecule has 12 atom stereocenters. The fourth-order valence-corrected chi connectivity index (χ4v) is 7.64. The largest absolute Gasteiger partial charge is 0.394 e. The molecule has 2 rings (SSSR count). The minimum absolute atomic E-state index is 0.219. The zero-order valence-electron chi connectivity index (χ0n) is 35.8. The maximum Gasteiger partial charge on any atom is 0.220 e. The number of carbonyl (C=O) groups excluding carboxylic acids is 1. The summed E-state index contributed by atoms with van der Waals surface area (Å²) >= 11 is 0. The highest BCUT2D eigenvalue weighted by atomic mass is 16.7. The first kappa shape index (κ1) is 52.9. The van der Waals surface area contributed by atoms with Crippen molar-refractivity contribution in [2.75, 3.05) is 19.8 Å². The lowest BCUT2D eigenvalue weighted by atomic mass is 9.97. The zero-order chi connectivity index (χ0) is 42.5. The maximum absolute atomic E-state index is 13.1. The van der Waals surface area contributed by atoms with Gasteiger partial charge in [-0.1, -0.05) is 135 Å². The van der Waals surface area contributed by atoms with Crippen LogP contribution >= 0.6 is 0 Å². The van der Waals surface area contributed by atoms with Gasteiger partial charge in [-0.2, -0.15) is 0 Å². The van der Waals surface area contributed by atoms with E-state index in [-0.39, 0.29) is 12.5 Å². The summed E-state index contributed by atoms with van der Waals surface area (Å²) < 4.78 is 22.7. The predicted molar refractivity (Wildman–Crippen MR) is 222 cm³/mol. The van der Waals surface area contributed by atoms with E-state index in [1.165, 1.54) is 70.6 Å². The predicted octanol–water partition coefficient (Wildman–Crippen LogP) is 4.43. The minimum Gasteiger partial charge on any atom is -0.394 e. The molecule has 14 heteroatoms. The van der Waals surface area contributed by atoms with Gasteiger partial charge in [0.15, 0.2) is 12.6 Å². The Balaban J connectivity index is 1.89. The van der Waals surface area contributed by atoms with Crippen molar-refractivity contribution in [2.24, 2.45) is 0 Å². The van der Waals surface area contributed by atoms with E-state index in [2.05, 4.69) is 31.3 Å². The molecule has 0 radical (unpaired) electrons. The highest BCUT2D eigenvalue weighted by molar-refractivity contribution is 5.76. The van der Waals surface area contributed by atoms with Gasteiger partial charge >= 0.3 is 0 Å². The van der Waals surface area contributed by atoms with Crippen LogP contribution in [0, 0.1) is 0 Å². The molecule has 2 fully saturated rings. The van der Waals surface area contributed by atoms with Gasteiger partial charge in [-0.25, -0.2) is 0 Å². The summed E-state index contributed by atoms with van der Waals surface area (Å²) in [6.07, 6.45) is 13.6. The number of allylic oxidation sites excluding steroid dienone is 2. The molecule has 9 N–H and O–H groups in total. The Bertz CT molecular complexity index is 1040. The molecule has 342 valence electrons. The van der Waals surface area contributed by atoms with Crippen molar-refractivity contribution in [2.45, 2.75) is 242 Å². The second-order valence-corrected chi connectivity index (χ2v) is 16.5. The van der Waals surface area contributed by atoms with Crippen LogP contribution in [0.2, 0.25) is 0 Å². The van der Waals surface area contributed by atoms with E-state index in [0.717, 1.165) is 64.2 Å². The van der Waals surface area contributed by atoms with Crippen LogP contribution in [0.1, 0.15) is 168 Å². The lowest BCUT2D eigenvalue weighted by Crippen LogP contribution is -2.65. The van der Waals surface area contributed by atoms with Crippen molar-refractivity contribution in [3.05, 3.63) is 12.2 Å². The third-order valence-corrected chi connectivity index (χ3v) is 11.5. The number of carbonyl (C=O) groups is 1. The summed E-state index contributed by atoms with van der Waals surface area (Å²) in [7, 11) is 0. The van der Waals surface area contributed by atoms with Crippen LogP contribution in [0.3, 0.4) is 0 Å². The quantitative estimate of drug-likeness (QED) is 0.0324. The van der Waals surface area contributed by atoms with Gasteiger partial charge in [-0.15, -0.1) is 0 Å². The van der Waals surface area contributed by atoms with Crippen LogP contribution < -0.4 is 5.32 Å². The van der Waals surface area contributed by atoms with Crippen LogP contribution in [0.15, 0.2) is 12.2 Å². The number of aliphatic hydroxyl groups excluding tert-OH is 8. The highest BCUT2D eigenvalue weighted by Crippen LogP contribution is 2.30. The average molecular weight is 834 g/mol. The van der Waals surface area contributed by atoms with Gasteiger partial charge in [0.05, 0.1) is 32.0 Å². The van der Waals surface area contributed by atoms with Crippen molar-refractivity contribution in [3.63, 3.8) is 0 Å². The van der Waals surface area contributed by atoms with Crippen molar-refractivity contribution < 1.29 is 64.6 Å². The van der Waals surface area contributed by atoms with Crippen LogP contribution in [0.4, 0.5) is 0 Å². The molecule has 58 heavy (non-hydrogen) atoms. The summed E-state index contributed by atoms with van der Waals surface area (Å²) in [6, 6.07) is -0.826. The fourth-order valence-electron chi connectivity index (χ4n) is 7.64. The Morgan fingerprint density at radius 2 is 1.09 bits per heavy atom. The molecule has 2 aliphatic heterocycles. The first-order valence-corrected chi connectivity index (χ1v) is 22.9. The zero-order valence-corrected chi connectivity index (χ0v) is 35.8. The third kappa shape index (κ3) is 20.5. The number of nitrogens with one attached hydrogen (secondary N) is 1. The van der Waals surface area contributed by atoms with Crippen molar-refractivity contribution >= 4 is 5.91 Å². The SMILES string of the molecule is CCCCC/C=C\CCCCCCCC(=O)NC(COC1OC(CO)C(OC2OC(CO)C(O)C(O)C2O)C(O)C1O)C(O)CCCCCCCCCCCCCC. The van der Waals surface area contributed by atoms with Gasteiger partial charge in [-0.05, 0) is 38.5 Å². The summed E-state index contributed by atoms with van der Waals surface area (Å²) in [6.45, 7) is 2.79. The van der Waals surface area contributed by atoms with Crippen LogP contribution in [0.25, 0.3) is 0 Å². The number of amides is 1. The number of ether oxygens (including phenoxy) is 4. The van der Waals surface area contributed by atoms with Gasteiger partial charge in [0, 0.05) is 6.42 Å². The van der Waals surface area contributed by atoms with Gasteiger partial charge in [0.1, 0.15) is 48.8 Å². The van der Waals surface area contributed by atoms with Crippen molar-refractivity contribution in [1.29, 1.82) is 0 Å². The smallest absolute Gasteiger partial charge is 0.220 e. The molecule has 0 aliphatic carbocycles. The maximum atomic E-state index is 13.1. The number of aliphatic hydroxyl groups is 8. The Morgan fingerprint density at radius 3 is 1.67 bits per heavy atom. The average Bonchev–Trinajstić information content (AvgIpc) is 3.22. The van der Waals surface area contributed by atoms with E-state index in [1.807, 2.05) is 0 Å². The first-order chi connectivity index (χ1) is 28.1. The van der Waals surface area contributed by atoms with Crippen molar-refractivity contribution in [1.82, 2.24) is 5.32 Å². The Kier molecular flexibility index (Phi) is 29.6. The molecule has 0 spiro atoms. The lowest BCUT2D eigenvalue weighted by Gasteiger charge is -2.46. The van der Waals surface area contributed by atoms with E-state index < -0.39 is 86.8 Å². The lowest BCUT2D eigenvalue weighted by molar-refractivity contribution is -0.359. The molecular formula is C44H83NO13. The molecule has 2 saturated heterocycles. The normalized spacial score (nSPS) is 28.9. The monoisotopic (exact) mass is 834 g/mol. The molecule has 2 aliphatic rings. The molecule has 0 saturated carbocycles. The number of hydrogen-bond acceptors (Lipinski definition) is 13. The number of hydrogen-bond donors (Lipinski definition) is 9. The van der Waals surface area contributed by atoms with E-state index >= 15 is 0 Å². The summed E-state index contributed by atoms with van der Waals surface area (Å²) in [5, 5.41) is 86.5. The molecule has 2 heterocycles. The molecule has 12 unspecified atom stereocenters. The van der Waals surface area contributed by atoms with E-state index in [9.17, 15) is 45.6 Å². The van der Waals surface area contributed by atoms with Gasteiger partial charge < -0.3 is 65.1 Å². The van der Waals surface area contributed by atoms with Gasteiger partial charge in [-0.3, -0.25) is 4.79 Å². The van der Waals surface area contributed by atoms with Crippen molar-refractivity contribution in [3.8, 4) is 0 Å². The summed E-state index contributed by atoms with van der Waals surface area (Å²) in [4.78, 5) is 13.1. The van der Waals surface area contributed by atoms with Crippen LogP contribution in [-0.2, 0) is 23.7 Å². The van der Waals surface area contributed by atoms with Crippen LogP contribution in [0.5, 0.6) is 0 Å². The second kappa shape index (κ2) is 32.4. The fraction of sp³-hybridized carbons (Fsp3) is 0.932. The summed E-state index contributed by atoms with van der Waals surface area (Å²) in [5.74, 6) is -0.219. The Labute approximate surface area is 348 Å². The highest BCUT2D eigenvalue weighted by Gasteiger charge is 2.51. The summed E-state index contributed by atoms with van der Waals surface area (Å²) in [5.41, 5.74) is 0. The molecule has 14 nitrogen and oxygen atoms in total. The third-order valence-electron chi connectivity index (χ3n) is 11.5. The van der Waals surface area contributed by atoms with E-state index in [0.29, 0.717) is 19.3 Å². The molecule has 0 aromatic heterocycles. The number of rotatable bonds is 34. The van der Waals surface area contributed by atoms with E-state index in [4.69, 9.17) is 18.9 Å². The molecular weight excluding hydrogens is 750 g/mol. The minimum atomic E-state index is -1.78. The molecule has 0 bridgehead atoms. The molecule has 0 aromatic rings. The van der Waals surface area contributed by atoms with E-state index in [1.54, 1.807) is 0 Å². The topological polar surface area (TPSA) is 228 Å². The Morgan fingerprint density at radius 1 is 0.603 bits per heavy atom. The standard InChI is InChI=1S/C44H83NO13/c1-3-5-7-9-11-13-15-17-19-21-23-25-27-33(48)32(45-36(49)28-26-24-22-20-18-16-14-12-10-8-6-4-2)31-55-43-41(54)39(52)42(35(30-47)57-43)58-44-40(53)38(51)37(50)34(29-46)56-44/h12,14,32-35,37-44,46-48,50-54H,3-11,13,15-31H2,1-2H3,(H,45,49)/b14-12-. The van der Waals surface area contributed by atoms with Gasteiger partial charge in [0.25, 0.3) is 0 Å². The van der Waals surface area contributed by atoms with Crippen LogP contribution in [-0.4, -0.2) is 140 Å². The first-order valence-electron chi connectivity index (χ1n) is 22.9. The van der Waals surface area contributed by atoms with Gasteiger partial charge in [0.2, 0.25) is 5.91 Å².